The van der Waals surface area contributed by atoms with Gasteiger partial charge in [0.15, 0.2) is 5.58 Å². The van der Waals surface area contributed by atoms with Gasteiger partial charge in [0.25, 0.3) is 10.7 Å². The molecule has 0 aliphatic heterocycles. The molecular formula is C16H19N3O2S. The number of benzene rings is 1. The Kier molecular flexibility index (Phi) is 4.67. The molecule has 116 valence electrons. The number of aromatic amines is 1. The minimum Gasteiger partial charge on any atom is -0.429 e. The highest BCUT2D eigenvalue weighted by molar-refractivity contribution is 7.71. The molecule has 0 aliphatic carbocycles. The Bertz CT molecular complexity index is 777. The Hall–Kier alpha value is -2.13. The number of H-pyrrole nitrogens is 1. The molecule has 0 atom stereocenters. The van der Waals surface area contributed by atoms with Gasteiger partial charge in [-0.25, -0.2) is 0 Å². The lowest BCUT2D eigenvalue weighted by Crippen LogP contribution is -2.38. The maximum absolute atomic E-state index is 12.7. The highest BCUT2D eigenvalue weighted by atomic mass is 32.1. The highest BCUT2D eigenvalue weighted by Crippen LogP contribution is 2.20. The number of rotatable bonds is 4. The summed E-state index contributed by atoms with van der Waals surface area (Å²) in [5.74, 6) is -0.102. The molecule has 6 heteroatoms. The summed E-state index contributed by atoms with van der Waals surface area (Å²) in [6, 6.07) is 7.30. The largest absolute Gasteiger partial charge is 0.429 e. The zero-order valence-corrected chi connectivity index (χ0v) is 13.8. The monoisotopic (exact) mass is 317 g/mol. The molecule has 0 radical (unpaired) electrons. The van der Waals surface area contributed by atoms with E-state index in [-0.39, 0.29) is 16.2 Å². The number of fused-ring (bicyclic) bond motifs is 1. The Balaban J connectivity index is 2.30. The van der Waals surface area contributed by atoms with E-state index in [0.29, 0.717) is 30.7 Å². The van der Waals surface area contributed by atoms with Crippen LogP contribution in [-0.4, -0.2) is 28.9 Å². The van der Waals surface area contributed by atoms with Gasteiger partial charge in [0.1, 0.15) is 0 Å². The highest BCUT2D eigenvalue weighted by Gasteiger charge is 2.22. The Morgan fingerprint density at radius 1 is 1.45 bits per heavy atom. The lowest BCUT2D eigenvalue weighted by Gasteiger charge is -2.29. The first kappa shape index (κ1) is 16.2. The lowest BCUT2D eigenvalue weighted by molar-refractivity contribution is 0.0700. The number of hydrogen-bond acceptors (Lipinski definition) is 4. The van der Waals surface area contributed by atoms with Gasteiger partial charge in [-0.05, 0) is 35.8 Å². The van der Waals surface area contributed by atoms with E-state index in [2.05, 4.69) is 31.8 Å². The number of amides is 1. The fraction of sp³-hybridized carbons (Fsp3) is 0.438. The van der Waals surface area contributed by atoms with Crippen molar-refractivity contribution in [3.05, 3.63) is 28.6 Å². The van der Waals surface area contributed by atoms with Crippen LogP contribution in [0.25, 0.3) is 11.1 Å². The van der Waals surface area contributed by atoms with Crippen molar-refractivity contribution in [1.82, 2.24) is 9.88 Å². The first-order valence-electron chi connectivity index (χ1n) is 7.09. The van der Waals surface area contributed by atoms with Crippen molar-refractivity contribution in [2.75, 3.05) is 13.1 Å². The van der Waals surface area contributed by atoms with Crippen LogP contribution in [0.15, 0.2) is 22.6 Å². The van der Waals surface area contributed by atoms with Crippen molar-refractivity contribution < 1.29 is 9.21 Å². The molecule has 0 unspecified atom stereocenters. The fourth-order valence-electron chi connectivity index (χ4n) is 2.27. The van der Waals surface area contributed by atoms with E-state index < -0.39 is 0 Å². The van der Waals surface area contributed by atoms with Gasteiger partial charge in [0, 0.05) is 18.7 Å². The van der Waals surface area contributed by atoms with Crippen LogP contribution >= 0.6 is 12.2 Å². The number of carbonyl (C=O) groups is 1. The SMILES string of the molecule is CC(C)(C)CN(CCC#N)C(=O)c1ccc2[nH]c(=S)oc2c1. The summed E-state index contributed by atoms with van der Waals surface area (Å²) in [6.45, 7) is 7.19. The average Bonchev–Trinajstić information content (AvgIpc) is 2.80. The first-order valence-corrected chi connectivity index (χ1v) is 7.50. The van der Waals surface area contributed by atoms with Crippen molar-refractivity contribution in [3.63, 3.8) is 0 Å². The predicted octanol–water partition coefficient (Wildman–Crippen LogP) is 3.89. The Morgan fingerprint density at radius 3 is 2.82 bits per heavy atom. The van der Waals surface area contributed by atoms with Crippen LogP contribution in [0, 0.1) is 21.6 Å². The van der Waals surface area contributed by atoms with E-state index in [1.807, 2.05) is 0 Å². The maximum atomic E-state index is 12.7. The molecule has 0 saturated heterocycles. The number of hydrogen-bond donors (Lipinski definition) is 1. The van der Waals surface area contributed by atoms with Crippen molar-refractivity contribution >= 4 is 29.2 Å². The van der Waals surface area contributed by atoms with Gasteiger partial charge < -0.3 is 14.3 Å². The molecule has 1 aromatic heterocycles. The number of aromatic nitrogens is 1. The van der Waals surface area contributed by atoms with Gasteiger partial charge >= 0.3 is 0 Å². The molecule has 1 N–H and O–H groups in total. The summed E-state index contributed by atoms with van der Waals surface area (Å²) >= 11 is 4.95. The molecule has 1 aromatic carbocycles. The van der Waals surface area contributed by atoms with E-state index in [0.717, 1.165) is 5.52 Å². The molecule has 1 heterocycles. The maximum Gasteiger partial charge on any atom is 0.266 e. The van der Waals surface area contributed by atoms with Crippen molar-refractivity contribution in [3.8, 4) is 6.07 Å². The van der Waals surface area contributed by atoms with Crippen LogP contribution in [0.2, 0.25) is 0 Å². The molecular weight excluding hydrogens is 298 g/mol. The Labute approximate surface area is 134 Å². The standard InChI is InChI=1S/C16H19N3O2S/c1-16(2,3)10-19(8-4-7-17)14(20)11-5-6-12-13(9-11)21-15(22)18-12/h5-6,9H,4,8,10H2,1-3H3,(H,18,22). The predicted molar refractivity (Wildman–Crippen MR) is 87.0 cm³/mol. The van der Waals surface area contributed by atoms with Crippen LogP contribution in [0.3, 0.4) is 0 Å². The van der Waals surface area contributed by atoms with Crippen molar-refractivity contribution in [1.29, 1.82) is 5.26 Å². The van der Waals surface area contributed by atoms with Gasteiger partial charge in [-0.2, -0.15) is 5.26 Å². The summed E-state index contributed by atoms with van der Waals surface area (Å²) in [5, 5.41) is 8.79. The van der Waals surface area contributed by atoms with Gasteiger partial charge in [-0.1, -0.05) is 20.8 Å². The number of nitrogens with zero attached hydrogens (tertiary/aromatic N) is 2. The molecule has 2 aromatic rings. The minimum atomic E-state index is -0.102. The zero-order chi connectivity index (χ0) is 16.3. The number of nitriles is 1. The van der Waals surface area contributed by atoms with Gasteiger partial charge in [-0.3, -0.25) is 4.79 Å². The van der Waals surface area contributed by atoms with Gasteiger partial charge in [-0.15, -0.1) is 0 Å². The topological polar surface area (TPSA) is 73.0 Å². The molecule has 0 saturated carbocycles. The summed E-state index contributed by atoms with van der Waals surface area (Å²) in [6.07, 6.45) is 0.314. The molecule has 0 fully saturated rings. The molecule has 0 spiro atoms. The van der Waals surface area contributed by atoms with Gasteiger partial charge in [0.05, 0.1) is 18.0 Å². The third-order valence-electron chi connectivity index (χ3n) is 3.11. The summed E-state index contributed by atoms with van der Waals surface area (Å²) in [4.78, 5) is 17.6. The molecule has 2 rings (SSSR count). The van der Waals surface area contributed by atoms with Crippen LogP contribution < -0.4 is 0 Å². The van der Waals surface area contributed by atoms with E-state index in [9.17, 15) is 4.79 Å². The summed E-state index contributed by atoms with van der Waals surface area (Å²) in [7, 11) is 0. The number of carbonyl (C=O) groups excluding carboxylic acids is 1. The second-order valence-electron chi connectivity index (χ2n) is 6.42. The van der Waals surface area contributed by atoms with E-state index in [1.54, 1.807) is 23.1 Å². The van der Waals surface area contributed by atoms with E-state index in [4.69, 9.17) is 21.9 Å². The zero-order valence-electron chi connectivity index (χ0n) is 13.0. The molecule has 5 nitrogen and oxygen atoms in total. The number of nitrogens with one attached hydrogen (secondary N) is 1. The van der Waals surface area contributed by atoms with Crippen molar-refractivity contribution in [2.45, 2.75) is 27.2 Å². The van der Waals surface area contributed by atoms with Crippen LogP contribution in [0.4, 0.5) is 0 Å². The Morgan fingerprint density at radius 2 is 2.18 bits per heavy atom. The molecule has 0 bridgehead atoms. The second-order valence-corrected chi connectivity index (χ2v) is 6.79. The van der Waals surface area contributed by atoms with Crippen LogP contribution in [-0.2, 0) is 0 Å². The smallest absolute Gasteiger partial charge is 0.266 e. The second kappa shape index (κ2) is 6.32. The minimum absolute atomic E-state index is 0.0402. The summed E-state index contributed by atoms with van der Waals surface area (Å²) in [5.41, 5.74) is 1.82. The molecule has 0 aliphatic rings. The third-order valence-corrected chi connectivity index (χ3v) is 3.30. The van der Waals surface area contributed by atoms with E-state index >= 15 is 0 Å². The normalized spacial score (nSPS) is 11.4. The lowest BCUT2D eigenvalue weighted by atomic mass is 9.95. The summed E-state index contributed by atoms with van der Waals surface area (Å²) < 4.78 is 5.36. The van der Waals surface area contributed by atoms with E-state index in [1.165, 1.54) is 0 Å². The molecule has 22 heavy (non-hydrogen) atoms. The number of oxazole rings is 1. The molecule has 1 amide bonds. The van der Waals surface area contributed by atoms with Crippen LogP contribution in [0.1, 0.15) is 37.6 Å². The third kappa shape index (κ3) is 3.95. The van der Waals surface area contributed by atoms with Crippen molar-refractivity contribution in [2.24, 2.45) is 5.41 Å². The fourth-order valence-corrected chi connectivity index (χ4v) is 2.47. The quantitative estimate of drug-likeness (QED) is 0.868. The average molecular weight is 317 g/mol. The van der Waals surface area contributed by atoms with Crippen LogP contribution in [0.5, 0.6) is 0 Å². The first-order chi connectivity index (χ1) is 10.3. The van der Waals surface area contributed by atoms with Gasteiger partial charge in [0.2, 0.25) is 0 Å².